The van der Waals surface area contributed by atoms with E-state index < -0.39 is 0 Å². The first-order chi connectivity index (χ1) is 10.2. The van der Waals surface area contributed by atoms with Crippen LogP contribution in [0.25, 0.3) is 0 Å². The fraction of sp³-hybridized carbons (Fsp3) is 0.333. The van der Waals surface area contributed by atoms with E-state index in [0.717, 1.165) is 24.4 Å². The van der Waals surface area contributed by atoms with Crippen LogP contribution in [0.3, 0.4) is 0 Å². The second kappa shape index (κ2) is 7.70. The van der Waals surface area contributed by atoms with E-state index in [1.165, 1.54) is 11.1 Å². The molecule has 0 saturated carbocycles. The number of hydrogen-bond acceptors (Lipinski definition) is 3. The van der Waals surface area contributed by atoms with Crippen molar-refractivity contribution in [1.29, 1.82) is 0 Å². The summed E-state index contributed by atoms with van der Waals surface area (Å²) in [5.41, 5.74) is 3.74. The Balaban J connectivity index is 2.04. The van der Waals surface area contributed by atoms with Crippen LogP contribution in [0, 0.1) is 0 Å². The van der Waals surface area contributed by atoms with Gasteiger partial charge in [-0.3, -0.25) is 0 Å². The van der Waals surface area contributed by atoms with Crippen LogP contribution in [0.1, 0.15) is 11.1 Å². The van der Waals surface area contributed by atoms with Crippen LogP contribution >= 0.6 is 0 Å². The molecule has 3 heteroatoms. The SMILES string of the molecule is CNCCc1ccccc1COc1cccc(N(C)C)c1. The molecule has 2 aromatic carbocycles. The van der Waals surface area contributed by atoms with Gasteiger partial charge in [0, 0.05) is 25.8 Å². The standard InChI is InChI=1S/C18H24N2O/c1-19-12-11-15-7-4-5-8-16(15)14-21-18-10-6-9-17(13-18)20(2)3/h4-10,13,19H,11-12,14H2,1-3H3. The van der Waals surface area contributed by atoms with Gasteiger partial charge in [-0.15, -0.1) is 0 Å². The molecule has 112 valence electrons. The lowest BCUT2D eigenvalue weighted by molar-refractivity contribution is 0.305. The van der Waals surface area contributed by atoms with E-state index in [9.17, 15) is 0 Å². The van der Waals surface area contributed by atoms with Crippen LogP contribution in [0.15, 0.2) is 48.5 Å². The first-order valence-corrected chi connectivity index (χ1v) is 7.32. The second-order valence-corrected chi connectivity index (χ2v) is 5.30. The highest BCUT2D eigenvalue weighted by atomic mass is 16.5. The number of nitrogens with zero attached hydrogens (tertiary/aromatic N) is 1. The van der Waals surface area contributed by atoms with Gasteiger partial charge in [0.15, 0.2) is 0 Å². The molecule has 0 aliphatic heterocycles. The average Bonchev–Trinajstić information content (AvgIpc) is 2.52. The van der Waals surface area contributed by atoms with Crippen molar-refractivity contribution in [3.05, 3.63) is 59.7 Å². The Kier molecular flexibility index (Phi) is 5.64. The molecule has 0 saturated heterocycles. The second-order valence-electron chi connectivity index (χ2n) is 5.30. The zero-order valence-electron chi connectivity index (χ0n) is 13.1. The fourth-order valence-electron chi connectivity index (χ4n) is 2.21. The number of ether oxygens (including phenoxy) is 1. The number of hydrogen-bond donors (Lipinski definition) is 1. The summed E-state index contributed by atoms with van der Waals surface area (Å²) in [4.78, 5) is 2.08. The molecular weight excluding hydrogens is 260 g/mol. The number of benzene rings is 2. The van der Waals surface area contributed by atoms with E-state index in [1.54, 1.807) is 0 Å². The average molecular weight is 284 g/mol. The van der Waals surface area contributed by atoms with Crippen LogP contribution in [-0.4, -0.2) is 27.7 Å². The molecular formula is C18H24N2O. The summed E-state index contributed by atoms with van der Waals surface area (Å²) in [6.45, 7) is 1.59. The quantitative estimate of drug-likeness (QED) is 0.845. The Bertz CT molecular complexity index is 567. The zero-order chi connectivity index (χ0) is 15.1. The predicted molar refractivity (Wildman–Crippen MR) is 89.2 cm³/mol. The largest absolute Gasteiger partial charge is 0.489 e. The van der Waals surface area contributed by atoms with E-state index in [1.807, 2.05) is 33.3 Å². The topological polar surface area (TPSA) is 24.5 Å². The third kappa shape index (κ3) is 4.50. The summed E-state index contributed by atoms with van der Waals surface area (Å²) in [5, 5.41) is 3.19. The first kappa shape index (κ1) is 15.4. The molecule has 0 bridgehead atoms. The normalized spacial score (nSPS) is 10.4. The molecule has 0 fully saturated rings. The fourth-order valence-corrected chi connectivity index (χ4v) is 2.21. The maximum Gasteiger partial charge on any atom is 0.121 e. The summed E-state index contributed by atoms with van der Waals surface area (Å²) in [6, 6.07) is 16.6. The molecule has 0 spiro atoms. The number of likely N-dealkylation sites (N-methyl/N-ethyl adjacent to an activating group) is 1. The van der Waals surface area contributed by atoms with E-state index in [-0.39, 0.29) is 0 Å². The summed E-state index contributed by atoms with van der Waals surface area (Å²) in [6.07, 6.45) is 1.02. The first-order valence-electron chi connectivity index (χ1n) is 7.32. The molecule has 0 radical (unpaired) electrons. The number of nitrogens with one attached hydrogen (secondary N) is 1. The lowest BCUT2D eigenvalue weighted by atomic mass is 10.1. The lowest BCUT2D eigenvalue weighted by Gasteiger charge is -2.15. The van der Waals surface area contributed by atoms with Crippen LogP contribution < -0.4 is 15.0 Å². The molecule has 0 aromatic heterocycles. The summed E-state index contributed by atoms with van der Waals surface area (Å²) < 4.78 is 5.96. The van der Waals surface area contributed by atoms with Gasteiger partial charge < -0.3 is 15.0 Å². The minimum Gasteiger partial charge on any atom is -0.489 e. The molecule has 0 aliphatic rings. The van der Waals surface area contributed by atoms with Crippen LogP contribution in [0.5, 0.6) is 5.75 Å². The van der Waals surface area contributed by atoms with Crippen LogP contribution in [0.2, 0.25) is 0 Å². The van der Waals surface area contributed by atoms with Crippen molar-refractivity contribution in [1.82, 2.24) is 5.32 Å². The minimum atomic E-state index is 0.608. The van der Waals surface area contributed by atoms with Gasteiger partial charge in [0.1, 0.15) is 12.4 Å². The van der Waals surface area contributed by atoms with Crippen molar-refractivity contribution in [2.75, 3.05) is 32.6 Å². The molecule has 0 heterocycles. The van der Waals surface area contributed by atoms with Crippen molar-refractivity contribution >= 4 is 5.69 Å². The number of anilines is 1. The highest BCUT2D eigenvalue weighted by molar-refractivity contribution is 5.49. The Morgan fingerprint density at radius 2 is 1.76 bits per heavy atom. The van der Waals surface area contributed by atoms with E-state index in [2.05, 4.69) is 46.6 Å². The van der Waals surface area contributed by atoms with Crippen molar-refractivity contribution in [3.8, 4) is 5.75 Å². The van der Waals surface area contributed by atoms with E-state index in [4.69, 9.17) is 4.74 Å². The van der Waals surface area contributed by atoms with Gasteiger partial charge >= 0.3 is 0 Å². The molecule has 2 aromatic rings. The Hall–Kier alpha value is -2.00. The molecule has 0 aliphatic carbocycles. The highest BCUT2D eigenvalue weighted by Crippen LogP contribution is 2.21. The third-order valence-electron chi connectivity index (χ3n) is 3.49. The van der Waals surface area contributed by atoms with E-state index in [0.29, 0.717) is 6.61 Å². The highest BCUT2D eigenvalue weighted by Gasteiger charge is 2.03. The summed E-state index contributed by atoms with van der Waals surface area (Å²) in [5.74, 6) is 0.907. The van der Waals surface area contributed by atoms with Gasteiger partial charge in [0.05, 0.1) is 0 Å². The van der Waals surface area contributed by atoms with Gasteiger partial charge in [-0.25, -0.2) is 0 Å². The maximum atomic E-state index is 5.96. The predicted octanol–water partition coefficient (Wildman–Crippen LogP) is 3.09. The summed E-state index contributed by atoms with van der Waals surface area (Å²) in [7, 11) is 6.05. The Morgan fingerprint density at radius 3 is 2.48 bits per heavy atom. The molecule has 21 heavy (non-hydrogen) atoms. The van der Waals surface area contributed by atoms with Crippen LogP contribution in [-0.2, 0) is 13.0 Å². The molecule has 0 unspecified atom stereocenters. The lowest BCUT2D eigenvalue weighted by Crippen LogP contribution is -2.12. The van der Waals surface area contributed by atoms with E-state index >= 15 is 0 Å². The zero-order valence-corrected chi connectivity index (χ0v) is 13.1. The van der Waals surface area contributed by atoms with Crippen molar-refractivity contribution in [2.24, 2.45) is 0 Å². The molecule has 2 rings (SSSR count). The molecule has 3 nitrogen and oxygen atoms in total. The Morgan fingerprint density at radius 1 is 1.00 bits per heavy atom. The number of rotatable bonds is 7. The molecule has 0 atom stereocenters. The van der Waals surface area contributed by atoms with Gasteiger partial charge in [-0.2, -0.15) is 0 Å². The van der Waals surface area contributed by atoms with Crippen LogP contribution in [0.4, 0.5) is 5.69 Å². The smallest absolute Gasteiger partial charge is 0.121 e. The minimum absolute atomic E-state index is 0.608. The molecule has 0 amide bonds. The third-order valence-corrected chi connectivity index (χ3v) is 3.49. The van der Waals surface area contributed by atoms with Crippen molar-refractivity contribution < 1.29 is 4.74 Å². The summed E-state index contributed by atoms with van der Waals surface area (Å²) >= 11 is 0. The van der Waals surface area contributed by atoms with Crippen molar-refractivity contribution in [3.63, 3.8) is 0 Å². The van der Waals surface area contributed by atoms with Gasteiger partial charge in [0.2, 0.25) is 0 Å². The Labute approximate surface area is 127 Å². The van der Waals surface area contributed by atoms with Gasteiger partial charge in [-0.05, 0) is 43.3 Å². The van der Waals surface area contributed by atoms with Gasteiger partial charge in [-0.1, -0.05) is 30.3 Å². The van der Waals surface area contributed by atoms with Crippen molar-refractivity contribution in [2.45, 2.75) is 13.0 Å². The van der Waals surface area contributed by atoms with Gasteiger partial charge in [0.25, 0.3) is 0 Å². The molecule has 1 N–H and O–H groups in total. The monoisotopic (exact) mass is 284 g/mol. The maximum absolute atomic E-state index is 5.96.